The van der Waals surface area contributed by atoms with Gasteiger partial charge in [-0.05, 0) is 31.2 Å². The summed E-state index contributed by atoms with van der Waals surface area (Å²) in [5, 5.41) is 6.86. The maximum atomic E-state index is 13.0. The largest absolute Gasteiger partial charge is 0.416 e. The van der Waals surface area contributed by atoms with Crippen molar-refractivity contribution < 1.29 is 22.8 Å². The zero-order valence-corrected chi connectivity index (χ0v) is 14.5. The van der Waals surface area contributed by atoms with Crippen LogP contribution >= 0.6 is 0 Å². The zero-order valence-electron chi connectivity index (χ0n) is 14.5. The predicted octanol–water partition coefficient (Wildman–Crippen LogP) is 2.78. The number of carbonyl (C=O) groups is 2. The third-order valence-electron chi connectivity index (χ3n) is 4.24. The number of aryl methyl sites for hydroxylation is 1. The summed E-state index contributed by atoms with van der Waals surface area (Å²) in [5.41, 5.74) is -0.0759. The number of nitrogens with one attached hydrogen (secondary N) is 1. The van der Waals surface area contributed by atoms with Gasteiger partial charge >= 0.3 is 6.18 Å². The first-order valence-electron chi connectivity index (χ1n) is 8.15. The third-order valence-corrected chi connectivity index (χ3v) is 4.24. The Labute approximate surface area is 153 Å². The molecule has 1 aromatic heterocycles. The average molecular weight is 378 g/mol. The van der Waals surface area contributed by atoms with Gasteiger partial charge in [0.25, 0.3) is 0 Å². The summed E-state index contributed by atoms with van der Waals surface area (Å²) < 4.78 is 40.1. The van der Waals surface area contributed by atoms with Crippen molar-refractivity contribution in [2.75, 3.05) is 18.4 Å². The highest BCUT2D eigenvalue weighted by Gasteiger charge is 2.35. The zero-order chi connectivity index (χ0) is 19.8. The van der Waals surface area contributed by atoms with Gasteiger partial charge in [0.1, 0.15) is 5.82 Å². The summed E-state index contributed by atoms with van der Waals surface area (Å²) in [6, 6.07) is 6.27. The lowest BCUT2D eigenvalue weighted by Crippen LogP contribution is -2.54. The summed E-state index contributed by atoms with van der Waals surface area (Å²) in [6.45, 7) is 5.61. The van der Waals surface area contributed by atoms with Crippen molar-refractivity contribution in [2.24, 2.45) is 5.92 Å². The molecule has 9 heteroatoms. The van der Waals surface area contributed by atoms with Crippen LogP contribution in [-0.4, -0.2) is 39.6 Å². The molecule has 1 aromatic carbocycles. The fraction of sp³-hybridized carbons (Fsp3) is 0.278. The highest BCUT2D eigenvalue weighted by molar-refractivity contribution is 5.95. The molecule has 1 saturated heterocycles. The summed E-state index contributed by atoms with van der Waals surface area (Å²) in [5.74, 6) is -0.690. The molecule has 6 nitrogen and oxygen atoms in total. The molecule has 0 saturated carbocycles. The van der Waals surface area contributed by atoms with Gasteiger partial charge in [-0.3, -0.25) is 9.59 Å². The average Bonchev–Trinajstić information content (AvgIpc) is 2.93. The molecule has 1 aliphatic heterocycles. The molecule has 2 aromatic rings. The van der Waals surface area contributed by atoms with Crippen LogP contribution in [0.3, 0.4) is 0 Å². The van der Waals surface area contributed by atoms with Gasteiger partial charge in [0.15, 0.2) is 0 Å². The van der Waals surface area contributed by atoms with Crippen molar-refractivity contribution in [3.05, 3.63) is 54.2 Å². The summed E-state index contributed by atoms with van der Waals surface area (Å²) in [4.78, 5) is 25.3. The van der Waals surface area contributed by atoms with E-state index in [1.807, 2.05) is 0 Å². The van der Waals surface area contributed by atoms with Gasteiger partial charge in [-0.1, -0.05) is 12.6 Å². The summed E-state index contributed by atoms with van der Waals surface area (Å²) in [6.07, 6.45) is -3.30. The van der Waals surface area contributed by atoms with Crippen LogP contribution in [0.15, 0.2) is 43.0 Å². The van der Waals surface area contributed by atoms with Crippen molar-refractivity contribution >= 4 is 17.6 Å². The number of rotatable bonds is 4. The van der Waals surface area contributed by atoms with E-state index in [2.05, 4.69) is 17.0 Å². The van der Waals surface area contributed by atoms with Crippen molar-refractivity contribution in [2.45, 2.75) is 13.1 Å². The van der Waals surface area contributed by atoms with Crippen LogP contribution in [0, 0.1) is 12.8 Å². The summed E-state index contributed by atoms with van der Waals surface area (Å²) in [7, 11) is 0. The number of halogens is 3. The minimum Gasteiger partial charge on any atom is -0.337 e. The van der Waals surface area contributed by atoms with Crippen LogP contribution in [-0.2, 0) is 15.8 Å². The van der Waals surface area contributed by atoms with E-state index >= 15 is 0 Å². The quantitative estimate of drug-likeness (QED) is 0.832. The number of aromatic nitrogens is 2. The normalized spacial score (nSPS) is 14.6. The molecule has 142 valence electrons. The minimum atomic E-state index is -4.48. The number of anilines is 1. The Hall–Kier alpha value is -3.10. The Balaban J connectivity index is 1.78. The molecule has 0 bridgehead atoms. The van der Waals surface area contributed by atoms with E-state index in [0.29, 0.717) is 5.69 Å². The number of alkyl halides is 3. The monoisotopic (exact) mass is 378 g/mol. The summed E-state index contributed by atoms with van der Waals surface area (Å²) >= 11 is 0. The number of hydrogen-bond acceptors (Lipinski definition) is 3. The van der Waals surface area contributed by atoms with Gasteiger partial charge in [0.2, 0.25) is 11.8 Å². The molecule has 1 aliphatic rings. The van der Waals surface area contributed by atoms with Crippen LogP contribution in [0.2, 0.25) is 0 Å². The molecule has 2 heterocycles. The molecule has 27 heavy (non-hydrogen) atoms. The van der Waals surface area contributed by atoms with Gasteiger partial charge in [0, 0.05) is 19.2 Å². The Morgan fingerprint density at radius 3 is 2.63 bits per heavy atom. The van der Waals surface area contributed by atoms with Crippen LogP contribution in [0.5, 0.6) is 0 Å². The molecule has 1 N–H and O–H groups in total. The first-order chi connectivity index (χ1) is 12.7. The lowest BCUT2D eigenvalue weighted by molar-refractivity contribution is -0.138. The fourth-order valence-corrected chi connectivity index (χ4v) is 2.78. The highest BCUT2D eigenvalue weighted by Crippen LogP contribution is 2.31. The lowest BCUT2D eigenvalue weighted by atomic mass is 9.99. The van der Waals surface area contributed by atoms with E-state index in [-0.39, 0.29) is 42.3 Å². The standard InChI is InChI=1S/C18H17F3N4O2/c1-3-16(26)24-9-12(10-24)17(27)22-15-7-11(2)23-25(15)14-6-4-5-13(8-14)18(19,20)21/h3-8,12H,1,9-10H2,2H3,(H,22,27). The number of benzene rings is 1. The molecule has 0 spiro atoms. The second-order valence-electron chi connectivity index (χ2n) is 6.26. The second kappa shape index (κ2) is 6.90. The molecular weight excluding hydrogens is 361 g/mol. The predicted molar refractivity (Wildman–Crippen MR) is 92.2 cm³/mol. The SMILES string of the molecule is C=CC(=O)N1CC(C(=O)Nc2cc(C)nn2-c2cccc(C(F)(F)F)c2)C1. The van der Waals surface area contributed by atoms with Gasteiger partial charge in [-0.2, -0.15) is 18.3 Å². The Kier molecular flexibility index (Phi) is 4.77. The molecule has 0 atom stereocenters. The number of carbonyl (C=O) groups excluding carboxylic acids is 2. The number of hydrogen-bond donors (Lipinski definition) is 1. The van der Waals surface area contributed by atoms with Crippen LogP contribution < -0.4 is 5.32 Å². The maximum Gasteiger partial charge on any atom is 0.416 e. The second-order valence-corrected chi connectivity index (χ2v) is 6.26. The highest BCUT2D eigenvalue weighted by atomic mass is 19.4. The van der Waals surface area contributed by atoms with Gasteiger partial charge in [-0.15, -0.1) is 0 Å². The Morgan fingerprint density at radius 1 is 1.30 bits per heavy atom. The first-order valence-corrected chi connectivity index (χ1v) is 8.15. The van der Waals surface area contributed by atoms with Gasteiger partial charge in [0.05, 0.1) is 22.9 Å². The van der Waals surface area contributed by atoms with Crippen LogP contribution in [0.1, 0.15) is 11.3 Å². The van der Waals surface area contributed by atoms with Crippen molar-refractivity contribution in [3.63, 3.8) is 0 Å². The van der Waals surface area contributed by atoms with Crippen molar-refractivity contribution in [1.29, 1.82) is 0 Å². The van der Waals surface area contributed by atoms with E-state index in [4.69, 9.17) is 0 Å². The van der Waals surface area contributed by atoms with Gasteiger partial charge in [-0.25, -0.2) is 4.68 Å². The Morgan fingerprint density at radius 2 is 2.00 bits per heavy atom. The van der Waals surface area contributed by atoms with E-state index in [9.17, 15) is 22.8 Å². The Bertz CT molecular complexity index is 898. The topological polar surface area (TPSA) is 67.2 Å². The molecule has 0 aliphatic carbocycles. The molecule has 1 fully saturated rings. The third kappa shape index (κ3) is 3.86. The molecule has 0 unspecified atom stereocenters. The molecule has 3 rings (SSSR count). The van der Waals surface area contributed by atoms with Crippen molar-refractivity contribution in [1.82, 2.24) is 14.7 Å². The first kappa shape index (κ1) is 18.7. The molecule has 2 amide bonds. The van der Waals surface area contributed by atoms with Crippen LogP contribution in [0.25, 0.3) is 5.69 Å². The molecule has 0 radical (unpaired) electrons. The minimum absolute atomic E-state index is 0.185. The van der Waals surface area contributed by atoms with E-state index < -0.39 is 11.7 Å². The van der Waals surface area contributed by atoms with E-state index in [1.165, 1.54) is 27.8 Å². The van der Waals surface area contributed by atoms with Crippen LogP contribution in [0.4, 0.5) is 19.0 Å². The van der Waals surface area contributed by atoms with Crippen molar-refractivity contribution in [3.8, 4) is 5.69 Å². The molecular formula is C18H17F3N4O2. The van der Waals surface area contributed by atoms with E-state index in [1.54, 1.807) is 13.0 Å². The number of amides is 2. The number of nitrogens with zero attached hydrogens (tertiary/aromatic N) is 3. The van der Waals surface area contributed by atoms with Gasteiger partial charge < -0.3 is 10.2 Å². The smallest absolute Gasteiger partial charge is 0.337 e. The lowest BCUT2D eigenvalue weighted by Gasteiger charge is -2.37. The maximum absolute atomic E-state index is 13.0. The number of likely N-dealkylation sites (tertiary alicyclic amines) is 1. The fourth-order valence-electron chi connectivity index (χ4n) is 2.78. The van der Waals surface area contributed by atoms with E-state index in [0.717, 1.165) is 12.1 Å².